The largest absolute Gasteiger partial charge is 0.326 e. The zero-order valence-electron chi connectivity index (χ0n) is 13.1. The van der Waals surface area contributed by atoms with Crippen molar-refractivity contribution in [1.29, 1.82) is 0 Å². The van der Waals surface area contributed by atoms with Gasteiger partial charge in [0.2, 0.25) is 0 Å². The molecule has 0 aliphatic carbocycles. The summed E-state index contributed by atoms with van der Waals surface area (Å²) < 4.78 is 0. The summed E-state index contributed by atoms with van der Waals surface area (Å²) in [6.07, 6.45) is 0.876. The summed E-state index contributed by atoms with van der Waals surface area (Å²) in [5.74, 6) is 0.370. The zero-order chi connectivity index (χ0) is 15.5. The van der Waals surface area contributed by atoms with Gasteiger partial charge in [-0.3, -0.25) is 9.89 Å². The Balaban J connectivity index is 0.00000242. The van der Waals surface area contributed by atoms with Gasteiger partial charge in [0.05, 0.1) is 0 Å². The maximum atomic E-state index is 12.1. The number of carbonyl (C=O) groups is 1. The van der Waals surface area contributed by atoms with Crippen molar-refractivity contribution in [1.82, 2.24) is 10.2 Å². The van der Waals surface area contributed by atoms with E-state index in [1.165, 1.54) is 0 Å². The smallest absolute Gasteiger partial charge is 0.256 e. The van der Waals surface area contributed by atoms with Crippen molar-refractivity contribution in [2.45, 2.75) is 33.7 Å². The van der Waals surface area contributed by atoms with Crippen molar-refractivity contribution in [2.75, 3.05) is 5.32 Å². The Bertz CT molecular complexity index is 614. The van der Waals surface area contributed by atoms with E-state index < -0.39 is 0 Å². The highest BCUT2D eigenvalue weighted by Crippen LogP contribution is 2.20. The fraction of sp³-hybridized carbons (Fsp3) is 0.375. The second-order valence-corrected chi connectivity index (χ2v) is 6.37. The second kappa shape index (κ2) is 7.42. The van der Waals surface area contributed by atoms with Gasteiger partial charge < -0.3 is 11.1 Å². The first-order valence-corrected chi connectivity index (χ1v) is 7.02. The number of amides is 1. The molecule has 0 bridgehead atoms. The van der Waals surface area contributed by atoms with Crippen molar-refractivity contribution >= 4 is 24.1 Å². The van der Waals surface area contributed by atoms with Crippen LogP contribution in [-0.4, -0.2) is 16.1 Å². The normalized spacial score (nSPS) is 10.9. The molecule has 22 heavy (non-hydrogen) atoms. The van der Waals surface area contributed by atoms with Gasteiger partial charge in [-0.1, -0.05) is 32.9 Å². The van der Waals surface area contributed by atoms with Crippen molar-refractivity contribution in [3.05, 3.63) is 47.2 Å². The van der Waals surface area contributed by atoms with Gasteiger partial charge in [-0.2, -0.15) is 5.10 Å². The first-order valence-electron chi connectivity index (χ1n) is 7.02. The van der Waals surface area contributed by atoms with E-state index in [1.807, 2.05) is 18.2 Å². The molecular weight excluding hydrogens is 300 g/mol. The summed E-state index contributed by atoms with van der Waals surface area (Å²) in [5.41, 5.74) is 8.31. The van der Waals surface area contributed by atoms with Crippen LogP contribution in [0.5, 0.6) is 0 Å². The molecule has 0 fully saturated rings. The van der Waals surface area contributed by atoms with Gasteiger partial charge in [-0.15, -0.1) is 12.4 Å². The van der Waals surface area contributed by atoms with Crippen LogP contribution in [0.25, 0.3) is 0 Å². The number of rotatable bonds is 4. The fourth-order valence-corrected chi connectivity index (χ4v) is 2.07. The van der Waals surface area contributed by atoms with E-state index in [1.54, 1.807) is 12.1 Å². The maximum Gasteiger partial charge on any atom is 0.256 e. The molecule has 120 valence electrons. The molecule has 0 atom stereocenters. The van der Waals surface area contributed by atoms with Crippen LogP contribution >= 0.6 is 12.4 Å². The third-order valence-electron chi connectivity index (χ3n) is 3.05. The van der Waals surface area contributed by atoms with E-state index in [0.717, 1.165) is 17.7 Å². The molecule has 1 aromatic carbocycles. The minimum absolute atomic E-state index is 0. The van der Waals surface area contributed by atoms with Crippen LogP contribution in [0, 0.1) is 5.41 Å². The molecule has 0 unspecified atom stereocenters. The number of halogens is 1. The molecule has 4 N–H and O–H groups in total. The minimum Gasteiger partial charge on any atom is -0.326 e. The first-order chi connectivity index (χ1) is 9.87. The average Bonchev–Trinajstić information content (AvgIpc) is 2.83. The number of hydrogen-bond acceptors (Lipinski definition) is 3. The standard InChI is InChI=1S/C16H22N4O.ClH/c1-16(2,3)9-13-8-14(20-19-13)18-15(21)12-6-4-11(10-17)5-7-12;/h4-8H,9-10,17H2,1-3H3,(H2,18,19,20,21);1H. The topological polar surface area (TPSA) is 83.8 Å². The number of nitrogens with two attached hydrogens (primary N) is 1. The van der Waals surface area contributed by atoms with E-state index >= 15 is 0 Å². The summed E-state index contributed by atoms with van der Waals surface area (Å²) in [5, 5.41) is 9.87. The average molecular weight is 323 g/mol. The van der Waals surface area contributed by atoms with Crippen LogP contribution in [0.4, 0.5) is 5.82 Å². The lowest BCUT2D eigenvalue weighted by Crippen LogP contribution is -2.12. The predicted molar refractivity (Wildman–Crippen MR) is 91.3 cm³/mol. The number of aromatic nitrogens is 2. The van der Waals surface area contributed by atoms with Crippen LogP contribution in [-0.2, 0) is 13.0 Å². The van der Waals surface area contributed by atoms with Crippen LogP contribution in [0.1, 0.15) is 42.4 Å². The van der Waals surface area contributed by atoms with Crippen molar-refractivity contribution < 1.29 is 4.79 Å². The highest BCUT2D eigenvalue weighted by atomic mass is 35.5. The molecule has 0 saturated heterocycles. The Hall–Kier alpha value is -1.85. The molecule has 5 nitrogen and oxygen atoms in total. The highest BCUT2D eigenvalue weighted by molar-refractivity contribution is 6.03. The van der Waals surface area contributed by atoms with E-state index in [0.29, 0.717) is 17.9 Å². The van der Waals surface area contributed by atoms with Crippen molar-refractivity contribution in [2.24, 2.45) is 11.1 Å². The van der Waals surface area contributed by atoms with E-state index in [2.05, 4.69) is 36.3 Å². The molecule has 0 aliphatic rings. The lowest BCUT2D eigenvalue weighted by Gasteiger charge is -2.15. The van der Waals surface area contributed by atoms with E-state index in [9.17, 15) is 4.79 Å². The first kappa shape index (κ1) is 18.2. The number of benzene rings is 1. The molecule has 1 heterocycles. The molecule has 0 saturated carbocycles. The molecule has 1 amide bonds. The van der Waals surface area contributed by atoms with Crippen LogP contribution < -0.4 is 11.1 Å². The van der Waals surface area contributed by atoms with Crippen LogP contribution in [0.15, 0.2) is 30.3 Å². The third kappa shape index (κ3) is 5.16. The SMILES string of the molecule is CC(C)(C)Cc1cc(NC(=O)c2ccc(CN)cc2)n[nH]1.Cl. The number of carbonyl (C=O) groups excluding carboxylic acids is 1. The van der Waals surface area contributed by atoms with Gasteiger partial charge in [0, 0.05) is 23.9 Å². The van der Waals surface area contributed by atoms with E-state index in [4.69, 9.17) is 5.73 Å². The number of nitrogens with zero attached hydrogens (tertiary/aromatic N) is 1. The summed E-state index contributed by atoms with van der Waals surface area (Å²) in [6, 6.07) is 9.10. The summed E-state index contributed by atoms with van der Waals surface area (Å²) in [7, 11) is 0. The highest BCUT2D eigenvalue weighted by Gasteiger charge is 2.14. The molecule has 2 aromatic rings. The molecule has 2 rings (SSSR count). The molecule has 0 aliphatic heterocycles. The molecule has 0 spiro atoms. The van der Waals surface area contributed by atoms with Gasteiger partial charge in [-0.05, 0) is 29.5 Å². The summed E-state index contributed by atoms with van der Waals surface area (Å²) in [6.45, 7) is 6.94. The van der Waals surface area contributed by atoms with E-state index in [-0.39, 0.29) is 23.7 Å². The summed E-state index contributed by atoms with van der Waals surface area (Å²) >= 11 is 0. The minimum atomic E-state index is -0.174. The van der Waals surface area contributed by atoms with Crippen molar-refractivity contribution in [3.63, 3.8) is 0 Å². The van der Waals surface area contributed by atoms with Gasteiger partial charge in [0.15, 0.2) is 5.82 Å². The van der Waals surface area contributed by atoms with Crippen molar-refractivity contribution in [3.8, 4) is 0 Å². The number of hydrogen-bond donors (Lipinski definition) is 3. The fourth-order valence-electron chi connectivity index (χ4n) is 2.07. The zero-order valence-corrected chi connectivity index (χ0v) is 14.0. The number of aromatic amines is 1. The lowest BCUT2D eigenvalue weighted by atomic mass is 9.91. The maximum absolute atomic E-state index is 12.1. The van der Waals surface area contributed by atoms with Gasteiger partial charge in [-0.25, -0.2) is 0 Å². The quantitative estimate of drug-likeness (QED) is 0.808. The Labute approximate surface area is 137 Å². The third-order valence-corrected chi connectivity index (χ3v) is 3.05. The summed E-state index contributed by atoms with van der Waals surface area (Å²) in [4.78, 5) is 12.1. The molecule has 1 aromatic heterocycles. The van der Waals surface area contributed by atoms with Gasteiger partial charge in [0.1, 0.15) is 0 Å². The lowest BCUT2D eigenvalue weighted by molar-refractivity contribution is 0.102. The number of anilines is 1. The Kier molecular flexibility index (Phi) is 6.14. The number of H-pyrrole nitrogens is 1. The second-order valence-electron chi connectivity index (χ2n) is 6.37. The van der Waals surface area contributed by atoms with Gasteiger partial charge >= 0.3 is 0 Å². The number of nitrogens with one attached hydrogen (secondary N) is 2. The van der Waals surface area contributed by atoms with Gasteiger partial charge in [0.25, 0.3) is 5.91 Å². The Morgan fingerprint density at radius 3 is 2.45 bits per heavy atom. The Morgan fingerprint density at radius 2 is 1.91 bits per heavy atom. The van der Waals surface area contributed by atoms with Crippen LogP contribution in [0.3, 0.4) is 0 Å². The molecule has 6 heteroatoms. The monoisotopic (exact) mass is 322 g/mol. The molecular formula is C16H23ClN4O. The molecule has 0 radical (unpaired) electrons. The van der Waals surface area contributed by atoms with Crippen LogP contribution in [0.2, 0.25) is 0 Å². The Morgan fingerprint density at radius 1 is 1.27 bits per heavy atom. The predicted octanol–water partition coefficient (Wildman–Crippen LogP) is 3.13.